The molecule has 1 saturated heterocycles. The molecular weight excluding hydrogens is 368 g/mol. The van der Waals surface area contributed by atoms with Gasteiger partial charge in [0.2, 0.25) is 0 Å². The Morgan fingerprint density at radius 2 is 1.89 bits per heavy atom. The van der Waals surface area contributed by atoms with Crippen molar-refractivity contribution in [2.45, 2.75) is 6.54 Å². The molecule has 0 aromatic heterocycles. The summed E-state index contributed by atoms with van der Waals surface area (Å²) in [6.45, 7) is 2.40. The van der Waals surface area contributed by atoms with Crippen molar-refractivity contribution in [3.8, 4) is 0 Å². The Morgan fingerprint density at radius 3 is 2.57 bits per heavy atom. The van der Waals surface area contributed by atoms with Gasteiger partial charge in [0.1, 0.15) is 11.6 Å². The number of guanidine groups is 1. The molecule has 0 aliphatic carbocycles. The summed E-state index contributed by atoms with van der Waals surface area (Å²) >= 11 is 0. The maximum atomic E-state index is 14.0. The van der Waals surface area contributed by atoms with E-state index in [1.165, 1.54) is 12.1 Å². The van der Waals surface area contributed by atoms with Crippen LogP contribution in [-0.4, -0.2) is 49.0 Å². The lowest BCUT2D eigenvalue weighted by Gasteiger charge is -2.37. The van der Waals surface area contributed by atoms with Gasteiger partial charge < -0.3 is 15.1 Å². The Hall–Kier alpha value is -3.23. The minimum absolute atomic E-state index is 0.0526. The molecule has 9 heteroatoms. The van der Waals surface area contributed by atoms with Crippen LogP contribution in [0.4, 0.5) is 20.2 Å². The van der Waals surface area contributed by atoms with Crippen LogP contribution in [0.2, 0.25) is 0 Å². The van der Waals surface area contributed by atoms with Crippen molar-refractivity contribution in [2.24, 2.45) is 4.99 Å². The highest BCUT2D eigenvalue weighted by atomic mass is 19.1. The maximum Gasteiger partial charge on any atom is 0.274 e. The van der Waals surface area contributed by atoms with Crippen molar-refractivity contribution < 1.29 is 13.7 Å². The summed E-state index contributed by atoms with van der Waals surface area (Å²) in [5.74, 6) is -0.313. The Bertz CT molecular complexity index is 882. The van der Waals surface area contributed by atoms with Crippen LogP contribution in [0.25, 0.3) is 0 Å². The van der Waals surface area contributed by atoms with Crippen molar-refractivity contribution in [3.63, 3.8) is 0 Å². The molecule has 0 unspecified atom stereocenters. The first-order chi connectivity index (χ1) is 13.5. The van der Waals surface area contributed by atoms with E-state index in [9.17, 15) is 18.9 Å². The molecule has 1 fully saturated rings. The number of para-hydroxylation sites is 1. The number of piperazine rings is 1. The minimum Gasteiger partial charge on any atom is -0.366 e. The summed E-state index contributed by atoms with van der Waals surface area (Å²) in [6, 6.07) is 9.97. The summed E-state index contributed by atoms with van der Waals surface area (Å²) in [5.41, 5.74) is 0.869. The molecule has 1 N–H and O–H groups in total. The molecule has 0 saturated carbocycles. The number of nitrogens with zero attached hydrogens (tertiary/aromatic N) is 4. The highest BCUT2D eigenvalue weighted by Gasteiger charge is 2.22. The van der Waals surface area contributed by atoms with Crippen molar-refractivity contribution in [3.05, 3.63) is 69.8 Å². The van der Waals surface area contributed by atoms with Gasteiger partial charge in [0.05, 0.1) is 10.6 Å². The third kappa shape index (κ3) is 4.36. The first-order valence-corrected chi connectivity index (χ1v) is 8.87. The van der Waals surface area contributed by atoms with Gasteiger partial charge in [-0.2, -0.15) is 0 Å². The van der Waals surface area contributed by atoms with Gasteiger partial charge in [-0.15, -0.1) is 0 Å². The Morgan fingerprint density at radius 1 is 1.18 bits per heavy atom. The number of rotatable bonds is 4. The van der Waals surface area contributed by atoms with E-state index in [0.717, 1.165) is 12.1 Å². The SMILES string of the molecule is CN=C(NCc1ccccc1[N+](=O)[O-])N1CCN(c2cc(F)ccc2F)CC1. The predicted molar refractivity (Wildman–Crippen MR) is 103 cm³/mol. The molecule has 0 atom stereocenters. The molecular formula is C19H21F2N5O2. The summed E-state index contributed by atoms with van der Waals surface area (Å²) in [7, 11) is 1.64. The molecule has 2 aromatic carbocycles. The molecule has 1 aliphatic rings. The highest BCUT2D eigenvalue weighted by molar-refractivity contribution is 5.80. The van der Waals surface area contributed by atoms with Gasteiger partial charge in [0, 0.05) is 57.5 Å². The van der Waals surface area contributed by atoms with Crippen LogP contribution >= 0.6 is 0 Å². The fourth-order valence-electron chi connectivity index (χ4n) is 3.23. The highest BCUT2D eigenvalue weighted by Crippen LogP contribution is 2.22. The number of nitro groups is 1. The fraction of sp³-hybridized carbons (Fsp3) is 0.316. The number of aliphatic imine (C=N–C) groups is 1. The van der Waals surface area contributed by atoms with Crippen molar-refractivity contribution in [2.75, 3.05) is 38.1 Å². The van der Waals surface area contributed by atoms with Crippen molar-refractivity contribution in [1.82, 2.24) is 10.2 Å². The van der Waals surface area contributed by atoms with Gasteiger partial charge in [-0.05, 0) is 12.1 Å². The summed E-state index contributed by atoms with van der Waals surface area (Å²) in [5, 5.41) is 14.3. The van der Waals surface area contributed by atoms with Gasteiger partial charge in [-0.25, -0.2) is 8.78 Å². The third-order valence-electron chi connectivity index (χ3n) is 4.67. The topological polar surface area (TPSA) is 74.0 Å². The number of hydrogen-bond donors (Lipinski definition) is 1. The second-order valence-corrected chi connectivity index (χ2v) is 6.36. The van der Waals surface area contributed by atoms with E-state index in [2.05, 4.69) is 10.3 Å². The molecule has 1 heterocycles. The Balaban J connectivity index is 1.61. The van der Waals surface area contributed by atoms with Gasteiger partial charge in [0.25, 0.3) is 5.69 Å². The lowest BCUT2D eigenvalue weighted by atomic mass is 10.2. The molecule has 2 aromatic rings. The standard InChI is InChI=1S/C19H21F2N5O2/c1-22-19(23-13-14-4-2-3-5-17(14)26(27)28)25-10-8-24(9-11-25)18-12-15(20)6-7-16(18)21/h2-7,12H,8-11,13H2,1H3,(H,22,23). The van der Waals surface area contributed by atoms with Crippen LogP contribution in [0.15, 0.2) is 47.5 Å². The second kappa shape index (κ2) is 8.64. The number of hydrogen-bond acceptors (Lipinski definition) is 4. The first-order valence-electron chi connectivity index (χ1n) is 8.87. The molecule has 28 heavy (non-hydrogen) atoms. The molecule has 3 rings (SSSR count). The van der Waals surface area contributed by atoms with Crippen molar-refractivity contribution >= 4 is 17.3 Å². The lowest BCUT2D eigenvalue weighted by Crippen LogP contribution is -2.52. The summed E-state index contributed by atoms with van der Waals surface area (Å²) < 4.78 is 27.4. The molecule has 148 valence electrons. The third-order valence-corrected chi connectivity index (χ3v) is 4.67. The molecule has 0 amide bonds. The zero-order chi connectivity index (χ0) is 20.1. The summed E-state index contributed by atoms with van der Waals surface area (Å²) in [4.78, 5) is 18.7. The van der Waals surface area contributed by atoms with Crippen LogP contribution in [0, 0.1) is 21.7 Å². The van der Waals surface area contributed by atoms with Crippen molar-refractivity contribution in [1.29, 1.82) is 0 Å². The lowest BCUT2D eigenvalue weighted by molar-refractivity contribution is -0.385. The van der Waals surface area contributed by atoms with Crippen LogP contribution in [0.1, 0.15) is 5.56 Å². The van der Waals surface area contributed by atoms with Gasteiger partial charge >= 0.3 is 0 Å². The minimum atomic E-state index is -0.472. The van der Waals surface area contributed by atoms with Crippen LogP contribution < -0.4 is 10.2 Å². The average molecular weight is 389 g/mol. The van der Waals surface area contributed by atoms with Crippen LogP contribution in [0.3, 0.4) is 0 Å². The smallest absolute Gasteiger partial charge is 0.274 e. The van der Waals surface area contributed by atoms with E-state index in [-0.39, 0.29) is 17.9 Å². The quantitative estimate of drug-likeness (QED) is 0.377. The zero-order valence-electron chi connectivity index (χ0n) is 15.4. The summed E-state index contributed by atoms with van der Waals surface area (Å²) in [6.07, 6.45) is 0. The predicted octanol–water partition coefficient (Wildman–Crippen LogP) is 2.77. The van der Waals surface area contributed by atoms with E-state index in [1.54, 1.807) is 30.1 Å². The zero-order valence-corrected chi connectivity index (χ0v) is 15.4. The number of benzene rings is 2. The van der Waals surface area contributed by atoms with Crippen LogP contribution in [0.5, 0.6) is 0 Å². The van der Waals surface area contributed by atoms with Crippen LogP contribution in [-0.2, 0) is 6.54 Å². The van der Waals surface area contributed by atoms with Gasteiger partial charge in [-0.1, -0.05) is 18.2 Å². The van der Waals surface area contributed by atoms with E-state index < -0.39 is 16.6 Å². The average Bonchev–Trinajstić information content (AvgIpc) is 2.71. The largest absolute Gasteiger partial charge is 0.366 e. The Kier molecular flexibility index (Phi) is 6.03. The molecule has 0 bridgehead atoms. The van der Waals surface area contributed by atoms with E-state index in [1.807, 2.05) is 4.90 Å². The second-order valence-electron chi connectivity index (χ2n) is 6.36. The van der Waals surface area contributed by atoms with E-state index in [0.29, 0.717) is 37.7 Å². The van der Waals surface area contributed by atoms with E-state index >= 15 is 0 Å². The number of nitro benzene ring substituents is 1. The van der Waals surface area contributed by atoms with Gasteiger partial charge in [-0.3, -0.25) is 15.1 Å². The normalized spacial score (nSPS) is 14.9. The fourth-order valence-corrected chi connectivity index (χ4v) is 3.23. The van der Waals surface area contributed by atoms with E-state index in [4.69, 9.17) is 0 Å². The Labute approximate surface area is 161 Å². The molecule has 0 spiro atoms. The molecule has 1 aliphatic heterocycles. The molecule has 0 radical (unpaired) electrons. The molecule has 7 nitrogen and oxygen atoms in total. The maximum absolute atomic E-state index is 14.0. The monoisotopic (exact) mass is 389 g/mol. The number of halogens is 2. The first kappa shape index (κ1) is 19.5. The number of anilines is 1. The number of nitrogens with one attached hydrogen (secondary N) is 1. The van der Waals surface area contributed by atoms with Gasteiger partial charge in [0.15, 0.2) is 5.96 Å².